The van der Waals surface area contributed by atoms with Crippen molar-refractivity contribution in [3.63, 3.8) is 0 Å². The summed E-state index contributed by atoms with van der Waals surface area (Å²) in [6.07, 6.45) is 0.267. The maximum Gasteiger partial charge on any atom is 0.255 e. The van der Waals surface area contributed by atoms with Crippen LogP contribution in [0.2, 0.25) is 0 Å². The highest BCUT2D eigenvalue weighted by Crippen LogP contribution is 2.32. The summed E-state index contributed by atoms with van der Waals surface area (Å²) in [5, 5.41) is 12.5. The topological polar surface area (TPSA) is 95.1 Å². The molecule has 0 aliphatic carbocycles. The Hall–Kier alpha value is -2.12. The molecule has 0 atom stereocenters. The minimum absolute atomic E-state index is 0.103. The highest BCUT2D eigenvalue weighted by atomic mass is 32.2. The monoisotopic (exact) mass is 403 g/mol. The summed E-state index contributed by atoms with van der Waals surface area (Å²) in [6.45, 7) is 10.1. The van der Waals surface area contributed by atoms with Gasteiger partial charge in [0.1, 0.15) is 0 Å². The summed E-state index contributed by atoms with van der Waals surface area (Å²) < 4.78 is 0. The van der Waals surface area contributed by atoms with E-state index in [1.807, 2.05) is 18.2 Å². The van der Waals surface area contributed by atoms with Crippen LogP contribution >= 0.6 is 11.8 Å². The van der Waals surface area contributed by atoms with Crippen LogP contribution in [-0.4, -0.2) is 33.3 Å². The van der Waals surface area contributed by atoms with E-state index in [0.29, 0.717) is 28.2 Å². The zero-order valence-corrected chi connectivity index (χ0v) is 17.9. The van der Waals surface area contributed by atoms with Crippen molar-refractivity contribution in [2.24, 2.45) is 0 Å². The quantitative estimate of drug-likeness (QED) is 0.462. The molecule has 0 saturated heterocycles. The molecule has 1 aromatic carbocycles. The van der Waals surface area contributed by atoms with E-state index >= 15 is 0 Å². The molecule has 0 bridgehead atoms. The largest absolute Gasteiger partial charge is 0.396 e. The fourth-order valence-corrected chi connectivity index (χ4v) is 3.77. The Balaban J connectivity index is 2.15. The second-order valence-corrected chi connectivity index (χ2v) is 8.33. The van der Waals surface area contributed by atoms with Gasteiger partial charge in [-0.1, -0.05) is 57.7 Å². The first kappa shape index (κ1) is 22.2. The van der Waals surface area contributed by atoms with E-state index in [1.54, 1.807) is 6.92 Å². The normalized spacial score (nSPS) is 11.3. The van der Waals surface area contributed by atoms with Crippen molar-refractivity contribution in [1.29, 1.82) is 0 Å². The van der Waals surface area contributed by atoms with E-state index in [0.717, 1.165) is 16.8 Å². The molecule has 1 heterocycles. The highest BCUT2D eigenvalue weighted by Gasteiger charge is 2.16. The summed E-state index contributed by atoms with van der Waals surface area (Å²) >= 11 is 1.19. The number of anilines is 1. The van der Waals surface area contributed by atoms with Gasteiger partial charge in [0.25, 0.3) is 5.56 Å². The summed E-state index contributed by atoms with van der Waals surface area (Å²) in [7, 11) is 0. The Bertz CT molecular complexity index is 865. The van der Waals surface area contributed by atoms with Gasteiger partial charge in [-0.3, -0.25) is 9.59 Å². The van der Waals surface area contributed by atoms with Crippen LogP contribution in [0.25, 0.3) is 0 Å². The summed E-state index contributed by atoms with van der Waals surface area (Å²) in [5.41, 5.74) is 3.89. The minimum atomic E-state index is -0.267. The predicted molar refractivity (Wildman–Crippen MR) is 114 cm³/mol. The van der Waals surface area contributed by atoms with E-state index < -0.39 is 0 Å². The Kier molecular flexibility index (Phi) is 7.83. The zero-order valence-electron chi connectivity index (χ0n) is 17.1. The molecule has 2 rings (SSSR count). The number of hydrogen-bond donors (Lipinski definition) is 3. The van der Waals surface area contributed by atoms with Crippen LogP contribution in [0.4, 0.5) is 5.69 Å². The Morgan fingerprint density at radius 3 is 2.32 bits per heavy atom. The van der Waals surface area contributed by atoms with Gasteiger partial charge in [0, 0.05) is 30.0 Å². The molecule has 28 heavy (non-hydrogen) atoms. The van der Waals surface area contributed by atoms with E-state index in [-0.39, 0.29) is 30.2 Å². The molecule has 7 heteroatoms. The van der Waals surface area contributed by atoms with Gasteiger partial charge in [0.05, 0.1) is 5.75 Å². The number of para-hydroxylation sites is 1. The molecule has 0 unspecified atom stereocenters. The lowest BCUT2D eigenvalue weighted by molar-refractivity contribution is -0.113. The first-order valence-corrected chi connectivity index (χ1v) is 10.5. The molecule has 2 aromatic rings. The number of H-pyrrole nitrogens is 1. The molecule has 0 saturated carbocycles. The molecule has 0 aliphatic heterocycles. The van der Waals surface area contributed by atoms with Crippen LogP contribution in [0.15, 0.2) is 28.2 Å². The number of nitrogens with one attached hydrogen (secondary N) is 2. The van der Waals surface area contributed by atoms with Gasteiger partial charge in [0.2, 0.25) is 5.91 Å². The molecular formula is C21H29N3O3S. The number of benzene rings is 1. The number of amides is 1. The van der Waals surface area contributed by atoms with Crippen molar-refractivity contribution >= 4 is 23.4 Å². The number of rotatable bonds is 8. The van der Waals surface area contributed by atoms with Gasteiger partial charge in [-0.2, -0.15) is 0 Å². The lowest BCUT2D eigenvalue weighted by Crippen LogP contribution is -2.20. The number of aliphatic hydroxyl groups is 1. The van der Waals surface area contributed by atoms with Crippen molar-refractivity contribution in [2.45, 2.75) is 58.0 Å². The van der Waals surface area contributed by atoms with Crippen LogP contribution in [0.5, 0.6) is 0 Å². The Labute approximate surface area is 170 Å². The maximum absolute atomic E-state index is 12.6. The van der Waals surface area contributed by atoms with E-state index in [9.17, 15) is 9.59 Å². The lowest BCUT2D eigenvalue weighted by atomic mass is 9.92. The lowest BCUT2D eigenvalue weighted by Gasteiger charge is -2.20. The van der Waals surface area contributed by atoms with Crippen molar-refractivity contribution in [1.82, 2.24) is 9.97 Å². The van der Waals surface area contributed by atoms with Crippen LogP contribution in [0.1, 0.15) is 61.9 Å². The van der Waals surface area contributed by atoms with Crippen LogP contribution < -0.4 is 10.9 Å². The van der Waals surface area contributed by atoms with Crippen molar-refractivity contribution in [3.05, 3.63) is 50.9 Å². The second-order valence-electron chi connectivity index (χ2n) is 7.37. The molecule has 1 amide bonds. The number of carbonyl (C=O) groups is 1. The highest BCUT2D eigenvalue weighted by molar-refractivity contribution is 7.99. The number of aromatic amines is 1. The standard InChI is InChI=1S/C21H29N3O3S/c1-12(2)15-7-6-8-16(13(3)4)19(15)23-18(26)11-28-21-22-14(5)17(9-10-25)20(27)24-21/h6-8,12-13,25H,9-11H2,1-5H3,(H,23,26)(H,22,24,27). The zero-order chi connectivity index (χ0) is 20.8. The number of nitrogens with zero attached hydrogens (tertiary/aromatic N) is 1. The fraction of sp³-hybridized carbons (Fsp3) is 0.476. The van der Waals surface area contributed by atoms with Gasteiger partial charge < -0.3 is 15.4 Å². The number of hydrogen-bond acceptors (Lipinski definition) is 5. The smallest absolute Gasteiger partial charge is 0.255 e. The van der Waals surface area contributed by atoms with Crippen molar-refractivity contribution in [3.8, 4) is 0 Å². The van der Waals surface area contributed by atoms with E-state index in [4.69, 9.17) is 5.11 Å². The van der Waals surface area contributed by atoms with Crippen LogP contribution in [0.3, 0.4) is 0 Å². The molecule has 1 aromatic heterocycles. The SMILES string of the molecule is Cc1nc(SCC(=O)Nc2c(C(C)C)cccc2C(C)C)[nH]c(=O)c1CCO. The van der Waals surface area contributed by atoms with Crippen molar-refractivity contribution < 1.29 is 9.90 Å². The minimum Gasteiger partial charge on any atom is -0.396 e. The molecule has 0 radical (unpaired) electrons. The second kappa shape index (κ2) is 9.89. The van der Waals surface area contributed by atoms with Gasteiger partial charge in [-0.15, -0.1) is 0 Å². The summed E-state index contributed by atoms with van der Waals surface area (Å²) in [4.78, 5) is 31.7. The third-order valence-corrected chi connectivity index (χ3v) is 5.41. The van der Waals surface area contributed by atoms with Crippen LogP contribution in [0, 0.1) is 6.92 Å². The van der Waals surface area contributed by atoms with Gasteiger partial charge in [0.15, 0.2) is 5.16 Å². The molecule has 3 N–H and O–H groups in total. The Morgan fingerprint density at radius 1 is 1.21 bits per heavy atom. The first-order chi connectivity index (χ1) is 13.2. The molecule has 0 spiro atoms. The van der Waals surface area contributed by atoms with Crippen molar-refractivity contribution in [2.75, 3.05) is 17.7 Å². The predicted octanol–water partition coefficient (Wildman–Crippen LogP) is 3.59. The number of aromatic nitrogens is 2. The number of thioether (sulfide) groups is 1. The maximum atomic E-state index is 12.6. The van der Waals surface area contributed by atoms with E-state index in [1.165, 1.54) is 11.8 Å². The number of aliphatic hydroxyl groups excluding tert-OH is 1. The summed E-state index contributed by atoms with van der Waals surface area (Å²) in [6, 6.07) is 6.11. The third kappa shape index (κ3) is 5.45. The average molecular weight is 404 g/mol. The number of aryl methyl sites for hydroxylation is 1. The van der Waals surface area contributed by atoms with Gasteiger partial charge >= 0.3 is 0 Å². The van der Waals surface area contributed by atoms with Gasteiger partial charge in [-0.25, -0.2) is 4.98 Å². The average Bonchev–Trinajstić information content (AvgIpc) is 2.62. The van der Waals surface area contributed by atoms with E-state index in [2.05, 4.69) is 43.0 Å². The van der Waals surface area contributed by atoms with Crippen LogP contribution in [-0.2, 0) is 11.2 Å². The third-order valence-electron chi connectivity index (χ3n) is 4.54. The first-order valence-electron chi connectivity index (χ1n) is 9.50. The fourth-order valence-electron chi connectivity index (χ4n) is 3.06. The molecule has 6 nitrogen and oxygen atoms in total. The molecular weight excluding hydrogens is 374 g/mol. The molecule has 0 aliphatic rings. The summed E-state index contributed by atoms with van der Waals surface area (Å²) in [5.74, 6) is 0.591. The molecule has 0 fully saturated rings. The van der Waals surface area contributed by atoms with Gasteiger partial charge in [-0.05, 0) is 29.9 Å². The number of carbonyl (C=O) groups excluding carboxylic acids is 1. The molecule has 152 valence electrons. The Morgan fingerprint density at radius 2 is 1.82 bits per heavy atom.